The first kappa shape index (κ1) is 19.6. The van der Waals surface area contributed by atoms with Gasteiger partial charge in [-0.25, -0.2) is 0 Å². The molecule has 0 saturated heterocycles. The lowest BCUT2D eigenvalue weighted by atomic mass is 9.95. The van der Waals surface area contributed by atoms with E-state index in [9.17, 15) is 9.59 Å². The van der Waals surface area contributed by atoms with Gasteiger partial charge in [0, 0.05) is 16.8 Å². The summed E-state index contributed by atoms with van der Waals surface area (Å²) in [5, 5.41) is 8.69. The highest BCUT2D eigenvalue weighted by Gasteiger charge is 2.21. The van der Waals surface area contributed by atoms with Gasteiger partial charge < -0.3 is 16.0 Å². The van der Waals surface area contributed by atoms with Crippen LogP contribution >= 0.6 is 12.2 Å². The zero-order chi connectivity index (χ0) is 19.2. The Morgan fingerprint density at radius 3 is 2.15 bits per heavy atom. The van der Waals surface area contributed by atoms with Crippen molar-refractivity contribution in [1.82, 2.24) is 5.32 Å². The van der Waals surface area contributed by atoms with Crippen LogP contribution in [0.15, 0.2) is 54.6 Å². The number of thiocarbonyl (C=S) groups is 1. The molecule has 26 heavy (non-hydrogen) atoms. The second-order valence-electron chi connectivity index (χ2n) is 6.95. The van der Waals surface area contributed by atoms with Crippen LogP contribution in [0.2, 0.25) is 0 Å². The van der Waals surface area contributed by atoms with Gasteiger partial charge in [0.25, 0.3) is 0 Å². The Bertz CT molecular complexity index is 798. The van der Waals surface area contributed by atoms with Gasteiger partial charge >= 0.3 is 0 Å². The molecule has 136 valence electrons. The minimum absolute atomic E-state index is 0.0756. The molecule has 0 aliphatic carbocycles. The molecule has 6 heteroatoms. The van der Waals surface area contributed by atoms with Crippen LogP contribution in [-0.4, -0.2) is 16.9 Å². The number of nitrogens with one attached hydrogen (secondary N) is 3. The maximum absolute atomic E-state index is 12.1. The summed E-state index contributed by atoms with van der Waals surface area (Å²) < 4.78 is 0. The van der Waals surface area contributed by atoms with E-state index >= 15 is 0 Å². The number of benzene rings is 2. The Hall–Kier alpha value is -2.73. The molecule has 2 amide bonds. The Labute approximate surface area is 159 Å². The Morgan fingerprint density at radius 2 is 1.54 bits per heavy atom. The molecule has 0 fully saturated rings. The molecule has 2 aromatic carbocycles. The highest BCUT2D eigenvalue weighted by atomic mass is 32.1. The topological polar surface area (TPSA) is 70.2 Å². The molecule has 0 spiro atoms. The van der Waals surface area contributed by atoms with Crippen molar-refractivity contribution in [3.05, 3.63) is 60.2 Å². The monoisotopic (exact) mass is 369 g/mol. The molecular formula is C20H23N3O2S. The quantitative estimate of drug-likeness (QED) is 0.718. The summed E-state index contributed by atoms with van der Waals surface area (Å²) in [6.07, 6.45) is 0.254. The van der Waals surface area contributed by atoms with Crippen LogP contribution in [0.3, 0.4) is 0 Å². The van der Waals surface area contributed by atoms with Gasteiger partial charge in [-0.3, -0.25) is 9.59 Å². The van der Waals surface area contributed by atoms with E-state index in [1.54, 1.807) is 18.2 Å². The lowest BCUT2D eigenvalue weighted by Gasteiger charge is -2.18. The molecule has 0 saturated carbocycles. The zero-order valence-corrected chi connectivity index (χ0v) is 15.9. The van der Waals surface area contributed by atoms with Crippen molar-refractivity contribution in [3.63, 3.8) is 0 Å². The molecule has 0 aliphatic heterocycles. The Morgan fingerprint density at radius 1 is 0.923 bits per heavy atom. The van der Waals surface area contributed by atoms with Crippen molar-refractivity contribution in [1.29, 1.82) is 0 Å². The minimum atomic E-state index is -0.482. The van der Waals surface area contributed by atoms with Gasteiger partial charge in [-0.2, -0.15) is 0 Å². The van der Waals surface area contributed by atoms with E-state index in [0.29, 0.717) is 11.4 Å². The SMILES string of the molecule is CC(C)(C)C(=O)Nc1cccc(NC(=S)NC(=O)Cc2ccccc2)c1. The summed E-state index contributed by atoms with van der Waals surface area (Å²) in [6, 6.07) is 16.6. The summed E-state index contributed by atoms with van der Waals surface area (Å²) in [5.41, 5.74) is 1.78. The van der Waals surface area contributed by atoms with E-state index < -0.39 is 5.41 Å². The van der Waals surface area contributed by atoms with E-state index in [0.717, 1.165) is 5.56 Å². The molecule has 2 rings (SSSR count). The van der Waals surface area contributed by atoms with Crippen molar-refractivity contribution < 1.29 is 9.59 Å². The lowest BCUT2D eigenvalue weighted by molar-refractivity contribution is -0.123. The Balaban J connectivity index is 1.91. The van der Waals surface area contributed by atoms with Gasteiger partial charge in [0.2, 0.25) is 11.8 Å². The van der Waals surface area contributed by atoms with Crippen molar-refractivity contribution in [2.45, 2.75) is 27.2 Å². The number of hydrogen-bond acceptors (Lipinski definition) is 3. The fourth-order valence-corrected chi connectivity index (χ4v) is 2.34. The largest absolute Gasteiger partial charge is 0.332 e. The van der Waals surface area contributed by atoms with Crippen LogP contribution in [0, 0.1) is 5.41 Å². The highest BCUT2D eigenvalue weighted by molar-refractivity contribution is 7.80. The second kappa shape index (κ2) is 8.58. The van der Waals surface area contributed by atoms with E-state index in [1.165, 1.54) is 0 Å². The molecule has 0 aromatic heterocycles. The van der Waals surface area contributed by atoms with Crippen LogP contribution in [0.4, 0.5) is 11.4 Å². The minimum Gasteiger partial charge on any atom is -0.332 e. The van der Waals surface area contributed by atoms with Gasteiger partial charge in [-0.05, 0) is 36.0 Å². The van der Waals surface area contributed by atoms with Crippen molar-refractivity contribution in [3.8, 4) is 0 Å². The fourth-order valence-electron chi connectivity index (χ4n) is 2.11. The Kier molecular flexibility index (Phi) is 6.46. The number of carbonyl (C=O) groups excluding carboxylic acids is 2. The van der Waals surface area contributed by atoms with E-state index in [4.69, 9.17) is 12.2 Å². The highest BCUT2D eigenvalue weighted by Crippen LogP contribution is 2.20. The van der Waals surface area contributed by atoms with Gasteiger partial charge in [-0.1, -0.05) is 57.2 Å². The summed E-state index contributed by atoms with van der Waals surface area (Å²) in [6.45, 7) is 5.55. The first-order valence-electron chi connectivity index (χ1n) is 8.30. The van der Waals surface area contributed by atoms with Crippen LogP contribution in [0.1, 0.15) is 26.3 Å². The summed E-state index contributed by atoms with van der Waals surface area (Å²) in [5.74, 6) is -0.265. The second-order valence-corrected chi connectivity index (χ2v) is 7.36. The molecule has 2 aromatic rings. The number of hydrogen-bond donors (Lipinski definition) is 3. The van der Waals surface area contributed by atoms with Crippen molar-refractivity contribution in [2.75, 3.05) is 10.6 Å². The first-order chi connectivity index (χ1) is 12.2. The predicted molar refractivity (Wildman–Crippen MR) is 109 cm³/mol. The molecule has 3 N–H and O–H groups in total. The van der Waals surface area contributed by atoms with Gasteiger partial charge in [0.05, 0.1) is 6.42 Å². The molecule has 0 unspecified atom stereocenters. The third-order valence-electron chi connectivity index (χ3n) is 3.52. The maximum Gasteiger partial charge on any atom is 0.230 e. The van der Waals surface area contributed by atoms with Gasteiger partial charge in [0.1, 0.15) is 0 Å². The third-order valence-corrected chi connectivity index (χ3v) is 3.72. The average Bonchev–Trinajstić information content (AvgIpc) is 2.54. The molecule has 0 bridgehead atoms. The zero-order valence-electron chi connectivity index (χ0n) is 15.1. The first-order valence-corrected chi connectivity index (χ1v) is 8.71. The smallest absolute Gasteiger partial charge is 0.230 e. The van der Waals surface area contributed by atoms with E-state index in [2.05, 4.69) is 16.0 Å². The average molecular weight is 369 g/mol. The normalized spacial score (nSPS) is 10.7. The van der Waals surface area contributed by atoms with Crippen molar-refractivity contribution >= 4 is 40.5 Å². The summed E-state index contributed by atoms with van der Waals surface area (Å²) in [7, 11) is 0. The molecular weight excluding hydrogens is 346 g/mol. The van der Waals surface area contributed by atoms with Gasteiger partial charge in [0.15, 0.2) is 5.11 Å². The van der Waals surface area contributed by atoms with Crippen LogP contribution in [-0.2, 0) is 16.0 Å². The number of carbonyl (C=O) groups is 2. The van der Waals surface area contributed by atoms with Crippen LogP contribution < -0.4 is 16.0 Å². The maximum atomic E-state index is 12.1. The van der Waals surface area contributed by atoms with Gasteiger partial charge in [-0.15, -0.1) is 0 Å². The van der Waals surface area contributed by atoms with Crippen LogP contribution in [0.5, 0.6) is 0 Å². The van der Waals surface area contributed by atoms with Crippen LogP contribution in [0.25, 0.3) is 0 Å². The standard InChI is InChI=1S/C20H23N3O2S/c1-20(2,3)18(25)21-15-10-7-11-16(13-15)22-19(26)23-17(24)12-14-8-5-4-6-9-14/h4-11,13H,12H2,1-3H3,(H,21,25)(H2,22,23,24,26). The molecule has 0 heterocycles. The lowest BCUT2D eigenvalue weighted by Crippen LogP contribution is -2.35. The fraction of sp³-hybridized carbons (Fsp3) is 0.250. The predicted octanol–water partition coefficient (Wildman–Crippen LogP) is 3.73. The summed E-state index contributed by atoms with van der Waals surface area (Å²) in [4.78, 5) is 24.1. The van der Waals surface area contributed by atoms with E-state index in [1.807, 2.05) is 57.2 Å². The molecule has 0 radical (unpaired) electrons. The number of anilines is 2. The molecule has 0 aliphatic rings. The molecule has 0 atom stereocenters. The number of amides is 2. The number of rotatable bonds is 4. The van der Waals surface area contributed by atoms with E-state index in [-0.39, 0.29) is 23.3 Å². The third kappa shape index (κ3) is 6.29. The van der Waals surface area contributed by atoms with Crippen molar-refractivity contribution in [2.24, 2.45) is 5.41 Å². The molecule has 5 nitrogen and oxygen atoms in total. The summed E-state index contributed by atoms with van der Waals surface area (Å²) >= 11 is 5.19.